The molecule has 3 rings (SSSR count). The van der Waals surface area contributed by atoms with E-state index in [1.807, 2.05) is 0 Å². The molecule has 0 fully saturated rings. The fourth-order valence-corrected chi connectivity index (χ4v) is 23.2. The van der Waals surface area contributed by atoms with Crippen LogP contribution in [0.1, 0.15) is 200 Å². The molecule has 55 heavy (non-hydrogen) atoms. The first-order chi connectivity index (χ1) is 26.8. The SMILES string of the molecule is CCCCC(CCCC)(C(Cc1ccccc1)(c1ccccc1)c1ccccc1)C(CCCC)(CCCC)P(CCCC)(CCCC)(CCCC)CCCC. The van der Waals surface area contributed by atoms with E-state index >= 15 is 0 Å². The van der Waals surface area contributed by atoms with E-state index in [9.17, 15) is 0 Å². The van der Waals surface area contributed by atoms with Gasteiger partial charge in [0.05, 0.1) is 0 Å². The van der Waals surface area contributed by atoms with E-state index in [2.05, 4.69) is 146 Å². The van der Waals surface area contributed by atoms with Crippen LogP contribution >= 0.6 is 6.60 Å². The Hall–Kier alpha value is -1.91. The first kappa shape index (κ1) is 47.5. The van der Waals surface area contributed by atoms with Crippen LogP contribution in [0.5, 0.6) is 0 Å². The third-order valence-electron chi connectivity index (χ3n) is 15.0. The first-order valence-corrected chi connectivity index (χ1v) is 27.0. The summed E-state index contributed by atoms with van der Waals surface area (Å²) in [5.74, 6) is 0. The van der Waals surface area contributed by atoms with Crippen molar-refractivity contribution in [2.75, 3.05) is 24.6 Å². The molecule has 0 saturated heterocycles. The number of hydrogen-bond donors (Lipinski definition) is 0. The van der Waals surface area contributed by atoms with Gasteiger partial charge in [-0.3, -0.25) is 0 Å². The van der Waals surface area contributed by atoms with Crippen LogP contribution in [-0.4, -0.2) is 29.8 Å². The molecule has 3 aromatic carbocycles. The standard InChI is InChI=1S/C54H89P/c1-9-17-40-52(41-18-10-2,54(50-36-30-26-31-37-50,51-38-32-27-33-39-51)48-49-34-28-25-29-35-49)53(42-19-11-3,43-20-12-4)55(44-21-13-5,45-22-14-6,46-23-15-7)47-24-16-8/h25-39H,9-24,40-48H2,1-8H3. The molecule has 0 aromatic heterocycles. The normalized spacial score (nSPS) is 13.5. The van der Waals surface area contributed by atoms with Crippen LogP contribution in [0.3, 0.4) is 0 Å². The van der Waals surface area contributed by atoms with Crippen molar-refractivity contribution in [2.45, 2.75) is 201 Å². The Kier molecular flexibility index (Phi) is 20.8. The Morgan fingerprint density at radius 3 is 1.00 bits per heavy atom. The molecule has 0 amide bonds. The van der Waals surface area contributed by atoms with Crippen LogP contribution in [-0.2, 0) is 11.8 Å². The predicted molar refractivity (Wildman–Crippen MR) is 253 cm³/mol. The van der Waals surface area contributed by atoms with E-state index in [4.69, 9.17) is 0 Å². The molecule has 0 bridgehead atoms. The summed E-state index contributed by atoms with van der Waals surface area (Å²) in [6.45, 7) is 17.5. The summed E-state index contributed by atoms with van der Waals surface area (Å²) in [6, 6.07) is 36.4. The Balaban J connectivity index is 2.92. The molecule has 0 atom stereocenters. The zero-order chi connectivity index (χ0) is 40.0. The van der Waals surface area contributed by atoms with Gasteiger partial charge in [0.25, 0.3) is 0 Å². The molecule has 0 radical (unpaired) electrons. The average Bonchev–Trinajstić information content (AvgIpc) is 3.24. The second kappa shape index (κ2) is 24.1. The molecule has 0 aliphatic rings. The molecule has 0 aliphatic heterocycles. The van der Waals surface area contributed by atoms with Gasteiger partial charge in [0.15, 0.2) is 0 Å². The van der Waals surface area contributed by atoms with E-state index < -0.39 is 6.60 Å². The van der Waals surface area contributed by atoms with Crippen LogP contribution in [0.4, 0.5) is 0 Å². The molecule has 0 aliphatic carbocycles. The summed E-state index contributed by atoms with van der Waals surface area (Å²) in [6.07, 6.45) is 34.1. The molecule has 0 N–H and O–H groups in total. The van der Waals surface area contributed by atoms with E-state index in [-0.39, 0.29) is 16.0 Å². The van der Waals surface area contributed by atoms with Gasteiger partial charge in [-0.25, -0.2) is 0 Å². The van der Waals surface area contributed by atoms with Crippen molar-refractivity contribution in [3.8, 4) is 0 Å². The van der Waals surface area contributed by atoms with Crippen molar-refractivity contribution < 1.29 is 0 Å². The molecule has 3 aromatic rings. The minimum absolute atomic E-state index is 0.0930. The predicted octanol–water partition coefficient (Wildman–Crippen LogP) is 17.5. The topological polar surface area (TPSA) is 0 Å². The van der Waals surface area contributed by atoms with Gasteiger partial charge in [-0.2, -0.15) is 0 Å². The van der Waals surface area contributed by atoms with Gasteiger partial charge in [0.2, 0.25) is 0 Å². The van der Waals surface area contributed by atoms with Crippen molar-refractivity contribution in [1.29, 1.82) is 0 Å². The van der Waals surface area contributed by atoms with E-state index in [0.29, 0.717) is 0 Å². The van der Waals surface area contributed by atoms with Crippen LogP contribution in [0.15, 0.2) is 91.0 Å². The number of benzene rings is 3. The van der Waals surface area contributed by atoms with Crippen molar-refractivity contribution >= 4 is 6.60 Å². The molecule has 310 valence electrons. The van der Waals surface area contributed by atoms with Crippen molar-refractivity contribution in [3.63, 3.8) is 0 Å². The average molecular weight is 769 g/mol. The third-order valence-corrected chi connectivity index (χ3v) is 24.2. The molecular weight excluding hydrogens is 680 g/mol. The minimum atomic E-state index is -2.56. The summed E-state index contributed by atoms with van der Waals surface area (Å²) in [5, 5.41) is 0.282. The number of hydrogen-bond acceptors (Lipinski definition) is 0. The van der Waals surface area contributed by atoms with E-state index in [1.165, 1.54) is 159 Å². The molecule has 0 unspecified atom stereocenters. The van der Waals surface area contributed by atoms with Crippen molar-refractivity contribution in [2.24, 2.45) is 5.41 Å². The van der Waals surface area contributed by atoms with Crippen LogP contribution in [0.25, 0.3) is 0 Å². The van der Waals surface area contributed by atoms with Crippen molar-refractivity contribution in [3.05, 3.63) is 108 Å². The van der Waals surface area contributed by atoms with Crippen molar-refractivity contribution in [1.82, 2.24) is 0 Å². The molecule has 0 heterocycles. The second-order valence-corrected chi connectivity index (χ2v) is 24.7. The Bertz CT molecular complexity index is 1290. The fraction of sp³-hybridized carbons (Fsp3) is 0.667. The first-order valence-electron chi connectivity index (χ1n) is 24.0. The Morgan fingerprint density at radius 2 is 0.673 bits per heavy atom. The van der Waals surface area contributed by atoms with Gasteiger partial charge in [-0.1, -0.05) is 0 Å². The number of rotatable bonds is 31. The molecule has 1 heteroatoms. The van der Waals surface area contributed by atoms with Gasteiger partial charge in [0, 0.05) is 0 Å². The second-order valence-electron chi connectivity index (χ2n) is 18.1. The maximum absolute atomic E-state index is 2.60. The number of unbranched alkanes of at least 4 members (excludes halogenated alkanes) is 8. The van der Waals surface area contributed by atoms with E-state index in [1.54, 1.807) is 11.1 Å². The summed E-state index contributed by atoms with van der Waals surface area (Å²) in [4.78, 5) is 0. The van der Waals surface area contributed by atoms with Gasteiger partial charge in [-0.05, 0) is 0 Å². The van der Waals surface area contributed by atoms with E-state index in [0.717, 1.165) is 6.42 Å². The molecule has 0 saturated carbocycles. The van der Waals surface area contributed by atoms with Gasteiger partial charge in [-0.15, -0.1) is 0 Å². The van der Waals surface area contributed by atoms with Crippen LogP contribution in [0, 0.1) is 5.41 Å². The van der Waals surface area contributed by atoms with Crippen LogP contribution in [0.2, 0.25) is 0 Å². The maximum atomic E-state index is 2.60. The van der Waals surface area contributed by atoms with Gasteiger partial charge >= 0.3 is 345 Å². The summed E-state index contributed by atoms with van der Waals surface area (Å²) in [7, 11) is 0. The fourth-order valence-electron chi connectivity index (χ4n) is 12.4. The van der Waals surface area contributed by atoms with Gasteiger partial charge < -0.3 is 0 Å². The zero-order valence-electron chi connectivity index (χ0n) is 37.8. The zero-order valence-corrected chi connectivity index (χ0v) is 38.7. The Labute approximate surface area is 343 Å². The quantitative estimate of drug-likeness (QED) is 0.0572. The third kappa shape index (κ3) is 10.2. The van der Waals surface area contributed by atoms with Gasteiger partial charge in [0.1, 0.15) is 0 Å². The summed E-state index contributed by atoms with van der Waals surface area (Å²) >= 11 is 0. The monoisotopic (exact) mass is 769 g/mol. The Morgan fingerprint density at radius 1 is 0.364 bits per heavy atom. The molecule has 0 spiro atoms. The summed E-state index contributed by atoms with van der Waals surface area (Å²) < 4.78 is 0. The molecule has 0 nitrogen and oxygen atoms in total. The summed E-state index contributed by atoms with van der Waals surface area (Å²) in [5.41, 5.74) is 4.61. The molecular formula is C54H89P. The van der Waals surface area contributed by atoms with Crippen LogP contribution < -0.4 is 0 Å².